The van der Waals surface area contributed by atoms with E-state index in [0.29, 0.717) is 12.6 Å². The van der Waals surface area contributed by atoms with Crippen molar-refractivity contribution in [1.82, 2.24) is 5.32 Å². The van der Waals surface area contributed by atoms with Gasteiger partial charge in [0.1, 0.15) is 0 Å². The second kappa shape index (κ2) is 10.5. The van der Waals surface area contributed by atoms with Gasteiger partial charge in [0.2, 0.25) is 0 Å². The molecule has 0 saturated carbocycles. The van der Waals surface area contributed by atoms with Gasteiger partial charge in [0, 0.05) is 19.2 Å². The van der Waals surface area contributed by atoms with E-state index in [1.54, 1.807) is 7.11 Å². The number of hydrogen-bond donors (Lipinski definition) is 2. The SMILES string of the molecule is COc1ccc(CNC(C)C)cc1OCCCCCCO. The standard InChI is InChI=1S/C17H29NO3/c1-14(2)18-13-15-8-9-16(20-3)17(12-15)21-11-7-5-4-6-10-19/h8-9,12,14,18-19H,4-7,10-11,13H2,1-3H3. The summed E-state index contributed by atoms with van der Waals surface area (Å²) in [6.07, 6.45) is 4.00. The maximum absolute atomic E-state index is 8.74. The Morgan fingerprint density at radius 1 is 1.10 bits per heavy atom. The lowest BCUT2D eigenvalue weighted by atomic mass is 10.2. The highest BCUT2D eigenvalue weighted by Crippen LogP contribution is 2.28. The van der Waals surface area contributed by atoms with Crippen LogP contribution in [0.2, 0.25) is 0 Å². The summed E-state index contributed by atoms with van der Waals surface area (Å²) in [5, 5.41) is 12.1. The lowest BCUT2D eigenvalue weighted by molar-refractivity contribution is 0.268. The largest absolute Gasteiger partial charge is 0.493 e. The Balaban J connectivity index is 2.47. The zero-order valence-corrected chi connectivity index (χ0v) is 13.5. The van der Waals surface area contributed by atoms with E-state index in [4.69, 9.17) is 14.6 Å². The van der Waals surface area contributed by atoms with Crippen molar-refractivity contribution in [2.45, 2.75) is 52.1 Å². The maximum atomic E-state index is 8.74. The molecule has 0 bridgehead atoms. The Morgan fingerprint density at radius 2 is 1.86 bits per heavy atom. The van der Waals surface area contributed by atoms with Crippen LogP contribution in [0.5, 0.6) is 11.5 Å². The highest BCUT2D eigenvalue weighted by Gasteiger charge is 2.06. The molecule has 21 heavy (non-hydrogen) atoms. The molecule has 0 aliphatic carbocycles. The Labute approximate surface area is 128 Å². The molecule has 0 saturated heterocycles. The van der Waals surface area contributed by atoms with Crippen LogP contribution in [-0.2, 0) is 6.54 Å². The smallest absolute Gasteiger partial charge is 0.161 e. The fourth-order valence-electron chi connectivity index (χ4n) is 2.02. The van der Waals surface area contributed by atoms with Crippen molar-refractivity contribution in [3.05, 3.63) is 23.8 Å². The second-order valence-electron chi connectivity index (χ2n) is 5.51. The Kier molecular flexibility index (Phi) is 8.87. The minimum absolute atomic E-state index is 0.277. The number of hydrogen-bond acceptors (Lipinski definition) is 4. The molecule has 1 aromatic rings. The molecule has 0 aliphatic rings. The number of benzene rings is 1. The molecular formula is C17H29NO3. The average molecular weight is 295 g/mol. The fourth-order valence-corrected chi connectivity index (χ4v) is 2.02. The minimum atomic E-state index is 0.277. The summed E-state index contributed by atoms with van der Waals surface area (Å²) < 4.78 is 11.2. The number of rotatable bonds is 11. The summed E-state index contributed by atoms with van der Waals surface area (Å²) >= 11 is 0. The van der Waals surface area contributed by atoms with Gasteiger partial charge >= 0.3 is 0 Å². The third kappa shape index (κ3) is 7.34. The number of unbranched alkanes of at least 4 members (excludes halogenated alkanes) is 3. The molecule has 120 valence electrons. The van der Waals surface area contributed by atoms with Gasteiger partial charge < -0.3 is 19.9 Å². The van der Waals surface area contributed by atoms with Crippen molar-refractivity contribution in [1.29, 1.82) is 0 Å². The molecule has 0 spiro atoms. The Morgan fingerprint density at radius 3 is 2.52 bits per heavy atom. The molecule has 0 aliphatic heterocycles. The normalized spacial score (nSPS) is 10.9. The van der Waals surface area contributed by atoms with Gasteiger partial charge in [-0.25, -0.2) is 0 Å². The molecule has 0 heterocycles. The van der Waals surface area contributed by atoms with E-state index in [9.17, 15) is 0 Å². The van der Waals surface area contributed by atoms with Gasteiger partial charge in [-0.3, -0.25) is 0 Å². The number of aliphatic hydroxyl groups is 1. The zero-order chi connectivity index (χ0) is 15.5. The van der Waals surface area contributed by atoms with Gasteiger partial charge in [0.25, 0.3) is 0 Å². The molecule has 1 rings (SSSR count). The zero-order valence-electron chi connectivity index (χ0n) is 13.5. The predicted molar refractivity (Wildman–Crippen MR) is 86.0 cm³/mol. The summed E-state index contributed by atoms with van der Waals surface area (Å²) in [5.41, 5.74) is 1.19. The maximum Gasteiger partial charge on any atom is 0.161 e. The van der Waals surface area contributed by atoms with Crippen LogP contribution in [0.4, 0.5) is 0 Å². The lowest BCUT2D eigenvalue weighted by Gasteiger charge is -2.13. The first kappa shape index (κ1) is 17.8. The third-order valence-corrected chi connectivity index (χ3v) is 3.25. The molecule has 0 unspecified atom stereocenters. The topological polar surface area (TPSA) is 50.7 Å². The van der Waals surface area contributed by atoms with Gasteiger partial charge in [-0.15, -0.1) is 0 Å². The summed E-state index contributed by atoms with van der Waals surface area (Å²) in [5.74, 6) is 1.58. The summed E-state index contributed by atoms with van der Waals surface area (Å²) in [7, 11) is 1.66. The highest BCUT2D eigenvalue weighted by atomic mass is 16.5. The second-order valence-corrected chi connectivity index (χ2v) is 5.51. The number of methoxy groups -OCH3 is 1. The van der Waals surface area contributed by atoms with Crippen LogP contribution in [0.1, 0.15) is 45.1 Å². The van der Waals surface area contributed by atoms with E-state index in [2.05, 4.69) is 25.2 Å². The van der Waals surface area contributed by atoms with E-state index < -0.39 is 0 Å². The molecule has 0 fully saturated rings. The molecular weight excluding hydrogens is 266 g/mol. The van der Waals surface area contributed by atoms with Crippen molar-refractivity contribution in [3.8, 4) is 11.5 Å². The van der Waals surface area contributed by atoms with Gasteiger partial charge in [-0.1, -0.05) is 26.3 Å². The summed E-state index contributed by atoms with van der Waals surface area (Å²) in [6.45, 7) is 6.05. The number of nitrogens with one attached hydrogen (secondary N) is 1. The molecule has 0 amide bonds. The molecule has 0 aromatic heterocycles. The van der Waals surface area contributed by atoms with Gasteiger partial charge in [0.15, 0.2) is 11.5 Å². The minimum Gasteiger partial charge on any atom is -0.493 e. The Bertz CT molecular complexity index is 394. The van der Waals surface area contributed by atoms with Crippen molar-refractivity contribution in [2.75, 3.05) is 20.3 Å². The lowest BCUT2D eigenvalue weighted by Crippen LogP contribution is -2.21. The van der Waals surface area contributed by atoms with Crippen molar-refractivity contribution in [2.24, 2.45) is 0 Å². The van der Waals surface area contributed by atoms with Crippen LogP contribution in [0.3, 0.4) is 0 Å². The molecule has 0 atom stereocenters. The molecule has 2 N–H and O–H groups in total. The van der Waals surface area contributed by atoms with Crippen LogP contribution in [0.15, 0.2) is 18.2 Å². The summed E-state index contributed by atoms with van der Waals surface area (Å²) in [4.78, 5) is 0. The van der Waals surface area contributed by atoms with Gasteiger partial charge in [-0.2, -0.15) is 0 Å². The van der Waals surface area contributed by atoms with Gasteiger partial charge in [0.05, 0.1) is 13.7 Å². The number of aliphatic hydroxyl groups excluding tert-OH is 1. The molecule has 0 radical (unpaired) electrons. The van der Waals surface area contributed by atoms with E-state index in [0.717, 1.165) is 43.7 Å². The first-order valence-corrected chi connectivity index (χ1v) is 7.81. The molecule has 4 nitrogen and oxygen atoms in total. The van der Waals surface area contributed by atoms with Crippen molar-refractivity contribution in [3.63, 3.8) is 0 Å². The van der Waals surface area contributed by atoms with E-state index >= 15 is 0 Å². The van der Waals surface area contributed by atoms with Crippen molar-refractivity contribution >= 4 is 0 Å². The Hall–Kier alpha value is -1.26. The predicted octanol–water partition coefficient (Wildman–Crippen LogP) is 3.12. The third-order valence-electron chi connectivity index (χ3n) is 3.25. The average Bonchev–Trinajstić information content (AvgIpc) is 2.48. The van der Waals surface area contributed by atoms with E-state index in [-0.39, 0.29) is 6.61 Å². The first-order chi connectivity index (χ1) is 10.2. The molecule has 4 heteroatoms. The molecule has 1 aromatic carbocycles. The van der Waals surface area contributed by atoms with Crippen LogP contribution in [0, 0.1) is 0 Å². The van der Waals surface area contributed by atoms with Crippen molar-refractivity contribution < 1.29 is 14.6 Å². The van der Waals surface area contributed by atoms with Crippen LogP contribution < -0.4 is 14.8 Å². The van der Waals surface area contributed by atoms with E-state index in [1.165, 1.54) is 5.56 Å². The summed E-state index contributed by atoms with van der Waals surface area (Å²) in [6, 6.07) is 6.52. The first-order valence-electron chi connectivity index (χ1n) is 7.81. The fraction of sp³-hybridized carbons (Fsp3) is 0.647. The van der Waals surface area contributed by atoms with Crippen LogP contribution >= 0.6 is 0 Å². The highest BCUT2D eigenvalue weighted by molar-refractivity contribution is 5.42. The quantitative estimate of drug-likeness (QED) is 0.616. The number of ether oxygens (including phenoxy) is 2. The van der Waals surface area contributed by atoms with Gasteiger partial charge in [-0.05, 0) is 37.0 Å². The van der Waals surface area contributed by atoms with Crippen LogP contribution in [0.25, 0.3) is 0 Å². The van der Waals surface area contributed by atoms with E-state index in [1.807, 2.05) is 12.1 Å². The monoisotopic (exact) mass is 295 g/mol. The van der Waals surface area contributed by atoms with Crippen LogP contribution in [-0.4, -0.2) is 31.5 Å².